The van der Waals surface area contributed by atoms with Gasteiger partial charge in [-0.15, -0.1) is 0 Å². The molecule has 0 amide bonds. The Labute approximate surface area is 164 Å². The SMILES string of the molecule is Cn1c(SCC(O)=C(C#N)c2nc3ccccc3[nH]2)nc2ccccc2c1=O. The van der Waals surface area contributed by atoms with Crippen molar-refractivity contribution in [2.45, 2.75) is 5.16 Å². The molecule has 0 aliphatic rings. The maximum atomic E-state index is 12.5. The van der Waals surface area contributed by atoms with Gasteiger partial charge in [-0.2, -0.15) is 5.26 Å². The predicted octanol–water partition coefficient (Wildman–Crippen LogP) is 3.39. The Bertz CT molecular complexity index is 1300. The fourth-order valence-electron chi connectivity index (χ4n) is 2.86. The molecule has 0 saturated carbocycles. The largest absolute Gasteiger partial charge is 0.510 e. The number of aromatic amines is 1. The number of allylic oxidation sites excluding steroid dienone is 1. The first-order valence-electron chi connectivity index (χ1n) is 8.44. The smallest absolute Gasteiger partial charge is 0.261 e. The molecule has 0 radical (unpaired) electrons. The number of nitrogens with one attached hydrogen (secondary N) is 1. The number of nitriles is 1. The number of thioether (sulfide) groups is 1. The van der Waals surface area contributed by atoms with Gasteiger partial charge in [-0.25, -0.2) is 9.97 Å². The minimum Gasteiger partial charge on any atom is -0.510 e. The van der Waals surface area contributed by atoms with E-state index in [2.05, 4.69) is 15.0 Å². The van der Waals surface area contributed by atoms with Gasteiger partial charge in [0, 0.05) is 7.05 Å². The third-order valence-electron chi connectivity index (χ3n) is 4.31. The number of aliphatic hydroxyl groups excluding tert-OH is 1. The van der Waals surface area contributed by atoms with Crippen molar-refractivity contribution < 1.29 is 5.11 Å². The van der Waals surface area contributed by atoms with Crippen LogP contribution in [0.25, 0.3) is 27.5 Å². The number of aliphatic hydroxyl groups is 1. The van der Waals surface area contributed by atoms with E-state index in [1.807, 2.05) is 36.4 Å². The highest BCUT2D eigenvalue weighted by molar-refractivity contribution is 7.99. The Morgan fingerprint density at radius 2 is 1.89 bits per heavy atom. The number of para-hydroxylation sites is 3. The second-order valence-electron chi connectivity index (χ2n) is 6.10. The Balaban J connectivity index is 1.66. The van der Waals surface area contributed by atoms with Crippen LogP contribution in [0.3, 0.4) is 0 Å². The molecule has 0 spiro atoms. The lowest BCUT2D eigenvalue weighted by Crippen LogP contribution is -2.20. The summed E-state index contributed by atoms with van der Waals surface area (Å²) in [7, 11) is 1.63. The van der Waals surface area contributed by atoms with Gasteiger partial charge in [-0.1, -0.05) is 36.0 Å². The van der Waals surface area contributed by atoms with Crippen molar-refractivity contribution in [1.29, 1.82) is 5.26 Å². The van der Waals surface area contributed by atoms with Crippen LogP contribution < -0.4 is 5.56 Å². The van der Waals surface area contributed by atoms with Gasteiger partial charge < -0.3 is 10.1 Å². The lowest BCUT2D eigenvalue weighted by atomic mass is 10.2. The van der Waals surface area contributed by atoms with E-state index in [4.69, 9.17) is 0 Å². The molecule has 138 valence electrons. The summed E-state index contributed by atoms with van der Waals surface area (Å²) in [6.45, 7) is 0. The summed E-state index contributed by atoms with van der Waals surface area (Å²) in [5.41, 5.74) is 1.99. The third kappa shape index (κ3) is 3.12. The molecule has 0 aliphatic heterocycles. The van der Waals surface area contributed by atoms with Crippen LogP contribution in [0.2, 0.25) is 0 Å². The Morgan fingerprint density at radius 3 is 2.64 bits per heavy atom. The molecule has 2 heterocycles. The summed E-state index contributed by atoms with van der Waals surface area (Å²) in [5, 5.41) is 21.0. The predicted molar refractivity (Wildman–Crippen MR) is 109 cm³/mol. The van der Waals surface area contributed by atoms with E-state index in [1.165, 1.54) is 16.3 Å². The van der Waals surface area contributed by atoms with Crippen molar-refractivity contribution in [3.05, 3.63) is 70.5 Å². The van der Waals surface area contributed by atoms with E-state index in [9.17, 15) is 15.2 Å². The van der Waals surface area contributed by atoms with Gasteiger partial charge in [-0.3, -0.25) is 9.36 Å². The highest BCUT2D eigenvalue weighted by Crippen LogP contribution is 2.24. The van der Waals surface area contributed by atoms with E-state index in [0.29, 0.717) is 27.4 Å². The second kappa shape index (κ2) is 7.21. The van der Waals surface area contributed by atoms with Crippen LogP contribution in [0.1, 0.15) is 5.82 Å². The van der Waals surface area contributed by atoms with E-state index in [-0.39, 0.29) is 22.6 Å². The summed E-state index contributed by atoms with van der Waals surface area (Å²) in [4.78, 5) is 24.4. The fourth-order valence-corrected chi connectivity index (χ4v) is 3.71. The Kier molecular flexibility index (Phi) is 4.59. The zero-order valence-corrected chi connectivity index (χ0v) is 15.7. The molecule has 8 heteroatoms. The minimum absolute atomic E-state index is 0.0643. The maximum Gasteiger partial charge on any atom is 0.261 e. The summed E-state index contributed by atoms with van der Waals surface area (Å²) in [6, 6.07) is 16.5. The van der Waals surface area contributed by atoms with Crippen LogP contribution in [-0.2, 0) is 7.05 Å². The summed E-state index contributed by atoms with van der Waals surface area (Å²) in [6.07, 6.45) is 0. The van der Waals surface area contributed by atoms with Gasteiger partial charge in [-0.05, 0) is 24.3 Å². The van der Waals surface area contributed by atoms with Crippen LogP contribution in [0, 0.1) is 11.3 Å². The van der Waals surface area contributed by atoms with Gasteiger partial charge in [0.1, 0.15) is 17.4 Å². The number of aromatic nitrogens is 4. The number of fused-ring (bicyclic) bond motifs is 2. The van der Waals surface area contributed by atoms with Gasteiger partial charge in [0.05, 0.1) is 27.7 Å². The number of H-pyrrole nitrogens is 1. The van der Waals surface area contributed by atoms with E-state index >= 15 is 0 Å². The average molecular weight is 389 g/mol. The van der Waals surface area contributed by atoms with Gasteiger partial charge >= 0.3 is 0 Å². The molecule has 4 rings (SSSR count). The topological polar surface area (TPSA) is 108 Å². The van der Waals surface area contributed by atoms with Gasteiger partial charge in [0.15, 0.2) is 11.0 Å². The van der Waals surface area contributed by atoms with E-state index in [1.54, 1.807) is 25.2 Å². The van der Waals surface area contributed by atoms with Gasteiger partial charge in [0.25, 0.3) is 5.56 Å². The summed E-state index contributed by atoms with van der Waals surface area (Å²) < 4.78 is 1.44. The van der Waals surface area contributed by atoms with Crippen LogP contribution in [0.15, 0.2) is 64.2 Å². The number of nitrogens with zero attached hydrogens (tertiary/aromatic N) is 4. The molecule has 0 atom stereocenters. The highest BCUT2D eigenvalue weighted by atomic mass is 32.2. The quantitative estimate of drug-likeness (QED) is 0.240. The van der Waals surface area contributed by atoms with Crippen molar-refractivity contribution in [3.63, 3.8) is 0 Å². The molecular weight excluding hydrogens is 374 g/mol. The standard InChI is InChI=1S/C20H15N5O2S/c1-25-19(27)12-6-2-3-7-14(12)24-20(25)28-11-17(26)13(10-21)18-22-15-8-4-5-9-16(15)23-18/h2-9,26H,11H2,1H3,(H,22,23). The summed E-state index contributed by atoms with van der Waals surface area (Å²) in [5.74, 6) is 0.259. The van der Waals surface area contributed by atoms with Crippen LogP contribution in [-0.4, -0.2) is 30.4 Å². The third-order valence-corrected chi connectivity index (χ3v) is 5.35. The molecule has 2 N–H and O–H groups in total. The Hall–Kier alpha value is -3.57. The molecular formula is C20H15N5O2S. The first-order valence-corrected chi connectivity index (χ1v) is 9.43. The first kappa shape index (κ1) is 17.8. The first-order chi connectivity index (χ1) is 13.6. The molecule has 2 aromatic heterocycles. The summed E-state index contributed by atoms with van der Waals surface area (Å²) >= 11 is 1.18. The molecule has 7 nitrogen and oxygen atoms in total. The van der Waals surface area contributed by atoms with Crippen molar-refractivity contribution in [2.75, 3.05) is 5.75 Å². The normalized spacial score (nSPS) is 12.1. The average Bonchev–Trinajstić information content (AvgIpc) is 3.14. The number of benzene rings is 2. The monoisotopic (exact) mass is 389 g/mol. The molecule has 0 fully saturated rings. The Morgan fingerprint density at radius 1 is 1.18 bits per heavy atom. The zero-order chi connectivity index (χ0) is 19.7. The van der Waals surface area contributed by atoms with Crippen molar-refractivity contribution in [2.24, 2.45) is 7.05 Å². The lowest BCUT2D eigenvalue weighted by Gasteiger charge is -2.08. The lowest BCUT2D eigenvalue weighted by molar-refractivity contribution is 0.420. The number of rotatable bonds is 4. The van der Waals surface area contributed by atoms with Crippen LogP contribution >= 0.6 is 11.8 Å². The highest BCUT2D eigenvalue weighted by Gasteiger charge is 2.15. The molecule has 2 aromatic carbocycles. The van der Waals surface area contributed by atoms with Crippen molar-refractivity contribution in [1.82, 2.24) is 19.5 Å². The number of imidazole rings is 1. The van der Waals surface area contributed by atoms with Crippen LogP contribution in [0.5, 0.6) is 0 Å². The molecule has 0 unspecified atom stereocenters. The van der Waals surface area contributed by atoms with Gasteiger partial charge in [0.2, 0.25) is 0 Å². The van der Waals surface area contributed by atoms with Crippen molar-refractivity contribution in [3.8, 4) is 6.07 Å². The van der Waals surface area contributed by atoms with E-state index in [0.717, 1.165) is 5.52 Å². The zero-order valence-electron chi connectivity index (χ0n) is 14.9. The molecule has 0 bridgehead atoms. The maximum absolute atomic E-state index is 12.5. The molecule has 4 aromatic rings. The fraction of sp³-hybridized carbons (Fsp3) is 0.100. The van der Waals surface area contributed by atoms with Crippen molar-refractivity contribution >= 4 is 39.3 Å². The number of hydrogen-bond acceptors (Lipinski definition) is 6. The molecule has 0 saturated heterocycles. The molecule has 28 heavy (non-hydrogen) atoms. The van der Waals surface area contributed by atoms with Crippen LogP contribution in [0.4, 0.5) is 0 Å². The second-order valence-corrected chi connectivity index (χ2v) is 7.04. The number of hydrogen-bond donors (Lipinski definition) is 2. The minimum atomic E-state index is -0.158. The van der Waals surface area contributed by atoms with E-state index < -0.39 is 0 Å². The molecule has 0 aliphatic carbocycles.